The van der Waals surface area contributed by atoms with Crippen molar-refractivity contribution in [1.29, 1.82) is 5.26 Å². The molecule has 0 spiro atoms. The Morgan fingerprint density at radius 1 is 1.14 bits per heavy atom. The van der Waals surface area contributed by atoms with E-state index in [1.54, 1.807) is 23.9 Å². The molecule has 0 heterocycles. The average molecular weight is 297 g/mol. The fourth-order valence-electron chi connectivity index (χ4n) is 1.92. The van der Waals surface area contributed by atoms with Gasteiger partial charge in [0, 0.05) is 10.6 Å². The van der Waals surface area contributed by atoms with Crippen molar-refractivity contribution in [2.24, 2.45) is 0 Å². The van der Waals surface area contributed by atoms with E-state index in [1.165, 1.54) is 10.5 Å². The van der Waals surface area contributed by atoms with Crippen molar-refractivity contribution in [3.05, 3.63) is 59.7 Å². The summed E-state index contributed by atoms with van der Waals surface area (Å²) < 4.78 is 5.66. The zero-order valence-electron chi connectivity index (χ0n) is 12.4. The molecular formula is C18H19NOS. The Labute approximate surface area is 130 Å². The van der Waals surface area contributed by atoms with Gasteiger partial charge in [-0.1, -0.05) is 32.0 Å². The van der Waals surface area contributed by atoms with E-state index in [0.29, 0.717) is 18.1 Å². The monoisotopic (exact) mass is 297 g/mol. The third-order valence-corrected chi connectivity index (χ3v) is 4.11. The van der Waals surface area contributed by atoms with E-state index in [9.17, 15) is 0 Å². The smallest absolute Gasteiger partial charge is 0.120 e. The summed E-state index contributed by atoms with van der Waals surface area (Å²) in [5.74, 6) is 2.21. The first-order valence-electron chi connectivity index (χ1n) is 7.05. The van der Waals surface area contributed by atoms with Crippen molar-refractivity contribution in [3.63, 3.8) is 0 Å². The van der Waals surface area contributed by atoms with Crippen LogP contribution in [0.4, 0.5) is 0 Å². The average Bonchev–Trinajstić information content (AvgIpc) is 2.52. The Morgan fingerprint density at radius 3 is 2.57 bits per heavy atom. The highest BCUT2D eigenvalue weighted by atomic mass is 32.2. The van der Waals surface area contributed by atoms with Crippen LogP contribution < -0.4 is 4.74 Å². The van der Waals surface area contributed by atoms with Crippen molar-refractivity contribution in [2.45, 2.75) is 24.7 Å². The molecule has 2 rings (SSSR count). The van der Waals surface area contributed by atoms with Crippen LogP contribution in [0.1, 0.15) is 30.9 Å². The Morgan fingerprint density at radius 2 is 1.90 bits per heavy atom. The van der Waals surface area contributed by atoms with Crippen molar-refractivity contribution >= 4 is 11.8 Å². The molecule has 0 amide bonds. The molecule has 0 fully saturated rings. The van der Waals surface area contributed by atoms with Crippen molar-refractivity contribution < 1.29 is 4.74 Å². The van der Waals surface area contributed by atoms with Crippen LogP contribution in [0.3, 0.4) is 0 Å². The molecule has 3 heteroatoms. The summed E-state index contributed by atoms with van der Waals surface area (Å²) in [6.45, 7) is 5.03. The van der Waals surface area contributed by atoms with Gasteiger partial charge in [0.15, 0.2) is 0 Å². The van der Waals surface area contributed by atoms with Gasteiger partial charge in [-0.05, 0) is 41.8 Å². The molecule has 0 aliphatic heterocycles. The SMILES string of the molecule is CC(C)c1ccc(SCCOc2cccc(C#N)c2)cc1. The lowest BCUT2D eigenvalue weighted by Crippen LogP contribution is -2.00. The van der Waals surface area contributed by atoms with E-state index in [0.717, 1.165) is 11.5 Å². The molecule has 0 saturated carbocycles. The number of nitriles is 1. The Kier molecular flexibility index (Phi) is 5.71. The number of hydrogen-bond acceptors (Lipinski definition) is 3. The first-order valence-corrected chi connectivity index (χ1v) is 8.03. The Bertz CT molecular complexity index is 614. The third kappa shape index (κ3) is 4.84. The van der Waals surface area contributed by atoms with Crippen LogP contribution in [0.5, 0.6) is 5.75 Å². The van der Waals surface area contributed by atoms with Crippen LogP contribution >= 0.6 is 11.8 Å². The van der Waals surface area contributed by atoms with Crippen molar-refractivity contribution in [3.8, 4) is 11.8 Å². The van der Waals surface area contributed by atoms with Gasteiger partial charge < -0.3 is 4.74 Å². The quantitative estimate of drug-likeness (QED) is 0.564. The van der Waals surface area contributed by atoms with E-state index in [-0.39, 0.29) is 0 Å². The number of benzene rings is 2. The van der Waals surface area contributed by atoms with E-state index in [4.69, 9.17) is 10.00 Å². The summed E-state index contributed by atoms with van der Waals surface area (Å²) in [4.78, 5) is 1.26. The normalized spacial score (nSPS) is 10.4. The summed E-state index contributed by atoms with van der Waals surface area (Å²) in [6.07, 6.45) is 0. The Hall–Kier alpha value is -1.92. The lowest BCUT2D eigenvalue weighted by atomic mass is 10.0. The van der Waals surface area contributed by atoms with Crippen LogP contribution in [-0.2, 0) is 0 Å². The topological polar surface area (TPSA) is 33.0 Å². The number of hydrogen-bond donors (Lipinski definition) is 0. The van der Waals surface area contributed by atoms with Crippen LogP contribution in [0, 0.1) is 11.3 Å². The molecular weight excluding hydrogens is 278 g/mol. The molecule has 0 atom stereocenters. The van der Waals surface area contributed by atoms with Crippen LogP contribution in [0.2, 0.25) is 0 Å². The molecule has 0 N–H and O–H groups in total. The molecule has 0 aromatic heterocycles. The molecule has 0 bridgehead atoms. The fourth-order valence-corrected chi connectivity index (χ4v) is 2.65. The van der Waals surface area contributed by atoms with Crippen LogP contribution in [-0.4, -0.2) is 12.4 Å². The molecule has 0 aliphatic rings. The second kappa shape index (κ2) is 7.75. The second-order valence-corrected chi connectivity index (χ2v) is 6.23. The van der Waals surface area contributed by atoms with Gasteiger partial charge in [0.1, 0.15) is 5.75 Å². The zero-order chi connectivity index (χ0) is 15.1. The van der Waals surface area contributed by atoms with E-state index >= 15 is 0 Å². The molecule has 0 aliphatic carbocycles. The summed E-state index contributed by atoms with van der Waals surface area (Å²) >= 11 is 1.78. The van der Waals surface area contributed by atoms with Crippen LogP contribution in [0.15, 0.2) is 53.4 Å². The minimum absolute atomic E-state index is 0.569. The van der Waals surface area contributed by atoms with E-state index in [1.807, 2.05) is 12.1 Å². The fraction of sp³-hybridized carbons (Fsp3) is 0.278. The standard InChI is InChI=1S/C18H19NOS/c1-14(2)16-6-8-18(9-7-16)21-11-10-20-17-5-3-4-15(12-17)13-19/h3-9,12,14H,10-11H2,1-2H3. The highest BCUT2D eigenvalue weighted by Crippen LogP contribution is 2.22. The summed E-state index contributed by atoms with van der Waals surface area (Å²) in [7, 11) is 0. The van der Waals surface area contributed by atoms with Crippen molar-refractivity contribution in [2.75, 3.05) is 12.4 Å². The molecule has 0 saturated heterocycles. The molecule has 0 unspecified atom stereocenters. The van der Waals surface area contributed by atoms with E-state index in [2.05, 4.69) is 44.2 Å². The first-order chi connectivity index (χ1) is 10.2. The number of rotatable bonds is 6. The van der Waals surface area contributed by atoms with Gasteiger partial charge in [-0.25, -0.2) is 0 Å². The van der Waals surface area contributed by atoms with Gasteiger partial charge in [0.05, 0.1) is 18.2 Å². The predicted octanol–water partition coefficient (Wildman–Crippen LogP) is 4.85. The molecule has 2 aromatic rings. The number of thioether (sulfide) groups is 1. The maximum Gasteiger partial charge on any atom is 0.120 e. The first kappa shape index (κ1) is 15.5. The molecule has 0 radical (unpaired) electrons. The predicted molar refractivity (Wildman–Crippen MR) is 87.9 cm³/mol. The maximum atomic E-state index is 8.83. The van der Waals surface area contributed by atoms with Crippen molar-refractivity contribution in [1.82, 2.24) is 0 Å². The summed E-state index contributed by atoms with van der Waals surface area (Å²) in [6, 6.07) is 18.1. The highest BCUT2D eigenvalue weighted by molar-refractivity contribution is 7.99. The molecule has 108 valence electrons. The molecule has 2 nitrogen and oxygen atoms in total. The third-order valence-electron chi connectivity index (χ3n) is 3.13. The molecule has 2 aromatic carbocycles. The minimum Gasteiger partial charge on any atom is -0.493 e. The van der Waals surface area contributed by atoms with Gasteiger partial charge in [0.25, 0.3) is 0 Å². The van der Waals surface area contributed by atoms with Gasteiger partial charge in [-0.2, -0.15) is 5.26 Å². The van der Waals surface area contributed by atoms with Crippen LogP contribution in [0.25, 0.3) is 0 Å². The summed E-state index contributed by atoms with van der Waals surface area (Å²) in [5, 5.41) is 8.83. The lowest BCUT2D eigenvalue weighted by molar-refractivity contribution is 0.344. The summed E-state index contributed by atoms with van der Waals surface area (Å²) in [5.41, 5.74) is 1.99. The number of nitrogens with zero attached hydrogens (tertiary/aromatic N) is 1. The largest absolute Gasteiger partial charge is 0.493 e. The second-order valence-electron chi connectivity index (χ2n) is 5.06. The number of ether oxygens (including phenoxy) is 1. The minimum atomic E-state index is 0.569. The maximum absolute atomic E-state index is 8.83. The highest BCUT2D eigenvalue weighted by Gasteiger charge is 2.00. The Balaban J connectivity index is 1.78. The molecule has 21 heavy (non-hydrogen) atoms. The van der Waals surface area contributed by atoms with Gasteiger partial charge in [-0.3, -0.25) is 0 Å². The zero-order valence-corrected chi connectivity index (χ0v) is 13.2. The van der Waals surface area contributed by atoms with Gasteiger partial charge in [-0.15, -0.1) is 11.8 Å². The van der Waals surface area contributed by atoms with Gasteiger partial charge in [0.2, 0.25) is 0 Å². The lowest BCUT2D eigenvalue weighted by Gasteiger charge is -2.08. The van der Waals surface area contributed by atoms with E-state index < -0.39 is 0 Å². The van der Waals surface area contributed by atoms with Gasteiger partial charge >= 0.3 is 0 Å².